The fourth-order valence-electron chi connectivity index (χ4n) is 2.98. The van der Waals surface area contributed by atoms with Gasteiger partial charge in [-0.25, -0.2) is 4.98 Å². The summed E-state index contributed by atoms with van der Waals surface area (Å²) in [5.74, 6) is 0.164. The molecular formula is C21H23N3O. The lowest BCUT2D eigenvalue weighted by molar-refractivity contribution is -0.121. The molecule has 0 aliphatic rings. The summed E-state index contributed by atoms with van der Waals surface area (Å²) in [7, 11) is 0. The third kappa shape index (κ3) is 5.05. The Labute approximate surface area is 148 Å². The fourth-order valence-corrected chi connectivity index (χ4v) is 2.98. The number of nitrogens with zero attached hydrogens (tertiary/aromatic N) is 1. The Morgan fingerprint density at radius 1 is 1.00 bits per heavy atom. The van der Waals surface area contributed by atoms with E-state index in [9.17, 15) is 4.79 Å². The van der Waals surface area contributed by atoms with E-state index < -0.39 is 0 Å². The molecule has 3 rings (SSSR count). The average molecular weight is 333 g/mol. The van der Waals surface area contributed by atoms with Crippen molar-refractivity contribution in [2.24, 2.45) is 0 Å². The van der Waals surface area contributed by atoms with E-state index >= 15 is 0 Å². The highest BCUT2D eigenvalue weighted by Crippen LogP contribution is 2.27. The number of imidazole rings is 1. The van der Waals surface area contributed by atoms with Crippen LogP contribution in [0.25, 0.3) is 0 Å². The van der Waals surface area contributed by atoms with E-state index in [1.165, 1.54) is 11.1 Å². The number of carbonyl (C=O) groups is 1. The van der Waals surface area contributed by atoms with Crippen molar-refractivity contribution in [2.75, 3.05) is 6.54 Å². The molecule has 0 saturated carbocycles. The maximum absolute atomic E-state index is 12.4. The molecule has 0 bridgehead atoms. The Kier molecular flexibility index (Phi) is 5.99. The van der Waals surface area contributed by atoms with Gasteiger partial charge in [-0.3, -0.25) is 4.79 Å². The van der Waals surface area contributed by atoms with Crippen molar-refractivity contribution in [3.05, 3.63) is 90.0 Å². The number of amides is 1. The van der Waals surface area contributed by atoms with E-state index in [2.05, 4.69) is 39.6 Å². The zero-order valence-electron chi connectivity index (χ0n) is 14.2. The number of aromatic amines is 1. The molecule has 25 heavy (non-hydrogen) atoms. The van der Waals surface area contributed by atoms with E-state index in [0.717, 1.165) is 18.5 Å². The number of benzene rings is 2. The Hall–Kier alpha value is -2.88. The minimum atomic E-state index is 0.0787. The average Bonchev–Trinajstić information content (AvgIpc) is 3.18. The van der Waals surface area contributed by atoms with Crippen LogP contribution in [0.3, 0.4) is 0 Å². The first-order valence-electron chi connectivity index (χ1n) is 8.67. The van der Waals surface area contributed by atoms with Crippen molar-refractivity contribution in [3.8, 4) is 0 Å². The van der Waals surface area contributed by atoms with Gasteiger partial charge < -0.3 is 10.3 Å². The molecule has 0 radical (unpaired) electrons. The van der Waals surface area contributed by atoms with Crippen LogP contribution in [0.1, 0.15) is 35.6 Å². The highest BCUT2D eigenvalue weighted by Gasteiger charge is 2.17. The maximum atomic E-state index is 12.4. The van der Waals surface area contributed by atoms with Gasteiger partial charge in [-0.15, -0.1) is 0 Å². The lowest BCUT2D eigenvalue weighted by Crippen LogP contribution is -2.26. The van der Waals surface area contributed by atoms with E-state index in [1.54, 1.807) is 6.33 Å². The smallest absolute Gasteiger partial charge is 0.220 e. The SMILES string of the molecule is O=C(CC(c1ccccc1)c1ccccc1)NCCCc1cnc[nH]1. The number of aromatic nitrogens is 2. The molecule has 4 nitrogen and oxygen atoms in total. The second-order valence-electron chi connectivity index (χ2n) is 6.11. The quantitative estimate of drug-likeness (QED) is 0.618. The third-order valence-corrected chi connectivity index (χ3v) is 4.29. The predicted octanol–water partition coefficient (Wildman–Crippen LogP) is 3.68. The summed E-state index contributed by atoms with van der Waals surface area (Å²) in [6, 6.07) is 20.4. The van der Waals surface area contributed by atoms with Crippen molar-refractivity contribution < 1.29 is 4.79 Å². The first-order valence-corrected chi connectivity index (χ1v) is 8.67. The minimum absolute atomic E-state index is 0.0787. The van der Waals surface area contributed by atoms with Gasteiger partial charge in [0.15, 0.2) is 0 Å². The molecule has 0 unspecified atom stereocenters. The lowest BCUT2D eigenvalue weighted by Gasteiger charge is -2.18. The van der Waals surface area contributed by atoms with Gasteiger partial charge >= 0.3 is 0 Å². The second-order valence-corrected chi connectivity index (χ2v) is 6.11. The van der Waals surface area contributed by atoms with Crippen LogP contribution < -0.4 is 5.32 Å². The van der Waals surface area contributed by atoms with Gasteiger partial charge in [0.2, 0.25) is 5.91 Å². The highest BCUT2D eigenvalue weighted by molar-refractivity contribution is 5.77. The topological polar surface area (TPSA) is 57.8 Å². The second kappa shape index (κ2) is 8.83. The number of rotatable bonds is 8. The molecule has 0 aliphatic heterocycles. The van der Waals surface area contributed by atoms with Gasteiger partial charge in [-0.05, 0) is 24.0 Å². The third-order valence-electron chi connectivity index (χ3n) is 4.29. The van der Waals surface area contributed by atoms with Gasteiger partial charge in [-0.2, -0.15) is 0 Å². The van der Waals surface area contributed by atoms with Crippen LogP contribution >= 0.6 is 0 Å². The summed E-state index contributed by atoms with van der Waals surface area (Å²) in [4.78, 5) is 19.5. The van der Waals surface area contributed by atoms with E-state index in [0.29, 0.717) is 13.0 Å². The zero-order chi connectivity index (χ0) is 17.3. The van der Waals surface area contributed by atoms with Crippen LogP contribution in [0.4, 0.5) is 0 Å². The monoisotopic (exact) mass is 333 g/mol. The van der Waals surface area contributed by atoms with Gasteiger partial charge in [0, 0.05) is 30.8 Å². The highest BCUT2D eigenvalue weighted by atomic mass is 16.1. The zero-order valence-corrected chi connectivity index (χ0v) is 14.2. The predicted molar refractivity (Wildman–Crippen MR) is 99.3 cm³/mol. The minimum Gasteiger partial charge on any atom is -0.356 e. The molecule has 128 valence electrons. The van der Waals surface area contributed by atoms with Crippen LogP contribution in [-0.4, -0.2) is 22.4 Å². The molecule has 0 aliphatic carbocycles. The Balaban J connectivity index is 1.57. The van der Waals surface area contributed by atoms with Crippen LogP contribution in [0.2, 0.25) is 0 Å². The number of hydrogen-bond acceptors (Lipinski definition) is 2. The molecular weight excluding hydrogens is 310 g/mol. The molecule has 3 aromatic rings. The maximum Gasteiger partial charge on any atom is 0.220 e. The number of hydrogen-bond donors (Lipinski definition) is 2. The molecule has 0 spiro atoms. The Morgan fingerprint density at radius 2 is 1.64 bits per heavy atom. The van der Waals surface area contributed by atoms with Gasteiger partial charge in [0.25, 0.3) is 0 Å². The fraction of sp³-hybridized carbons (Fsp3) is 0.238. The number of aryl methyl sites for hydroxylation is 1. The number of carbonyl (C=O) groups excluding carboxylic acids is 1. The van der Waals surface area contributed by atoms with Crippen molar-refractivity contribution in [1.82, 2.24) is 15.3 Å². The van der Waals surface area contributed by atoms with Crippen molar-refractivity contribution >= 4 is 5.91 Å². The largest absolute Gasteiger partial charge is 0.356 e. The van der Waals surface area contributed by atoms with Crippen LogP contribution in [-0.2, 0) is 11.2 Å². The molecule has 0 atom stereocenters. The molecule has 1 aromatic heterocycles. The van der Waals surface area contributed by atoms with E-state index in [-0.39, 0.29) is 11.8 Å². The summed E-state index contributed by atoms with van der Waals surface area (Å²) in [6.45, 7) is 0.675. The number of H-pyrrole nitrogens is 1. The molecule has 4 heteroatoms. The van der Waals surface area contributed by atoms with E-state index in [4.69, 9.17) is 0 Å². The van der Waals surface area contributed by atoms with Crippen molar-refractivity contribution in [3.63, 3.8) is 0 Å². The van der Waals surface area contributed by atoms with Crippen molar-refractivity contribution in [1.29, 1.82) is 0 Å². The van der Waals surface area contributed by atoms with Gasteiger partial charge in [-0.1, -0.05) is 60.7 Å². The summed E-state index contributed by atoms with van der Waals surface area (Å²) in [5.41, 5.74) is 3.43. The van der Waals surface area contributed by atoms with Crippen LogP contribution in [0.5, 0.6) is 0 Å². The molecule has 0 fully saturated rings. The molecule has 1 amide bonds. The lowest BCUT2D eigenvalue weighted by atomic mass is 9.88. The standard InChI is InChI=1S/C21H23N3O/c25-21(23-13-7-12-19-15-22-16-24-19)14-20(17-8-3-1-4-9-17)18-10-5-2-6-11-18/h1-6,8-11,15-16,20H,7,12-14H2,(H,22,24)(H,23,25). The Bertz CT molecular complexity index is 715. The summed E-state index contributed by atoms with van der Waals surface area (Å²) >= 11 is 0. The Morgan fingerprint density at radius 3 is 2.20 bits per heavy atom. The summed E-state index contributed by atoms with van der Waals surface area (Å²) in [5, 5.41) is 3.04. The summed E-state index contributed by atoms with van der Waals surface area (Å²) < 4.78 is 0. The summed E-state index contributed by atoms with van der Waals surface area (Å²) in [6.07, 6.45) is 5.75. The first-order chi connectivity index (χ1) is 12.3. The molecule has 2 N–H and O–H groups in total. The van der Waals surface area contributed by atoms with Crippen molar-refractivity contribution in [2.45, 2.75) is 25.2 Å². The molecule has 1 heterocycles. The first kappa shape index (κ1) is 17.0. The van der Waals surface area contributed by atoms with Gasteiger partial charge in [0.05, 0.1) is 6.33 Å². The normalized spacial score (nSPS) is 10.8. The number of nitrogens with one attached hydrogen (secondary N) is 2. The molecule has 0 saturated heterocycles. The molecule has 2 aromatic carbocycles. The van der Waals surface area contributed by atoms with E-state index in [1.807, 2.05) is 42.6 Å². The van der Waals surface area contributed by atoms with Crippen LogP contribution in [0, 0.1) is 0 Å². The van der Waals surface area contributed by atoms with Gasteiger partial charge in [0.1, 0.15) is 0 Å². The van der Waals surface area contributed by atoms with Crippen LogP contribution in [0.15, 0.2) is 73.2 Å².